The van der Waals surface area contributed by atoms with Crippen LogP contribution in [0.4, 0.5) is 11.8 Å². The van der Waals surface area contributed by atoms with E-state index < -0.39 is 5.91 Å². The molecule has 2 aromatic rings. The van der Waals surface area contributed by atoms with E-state index in [0.717, 1.165) is 6.54 Å². The molecule has 94 valence electrons. The highest BCUT2D eigenvalue weighted by molar-refractivity contribution is 6.01. The van der Waals surface area contributed by atoms with Crippen LogP contribution in [0.3, 0.4) is 0 Å². The number of hydrogen-bond acceptors (Lipinski definition) is 7. The third kappa shape index (κ3) is 2.78. The van der Waals surface area contributed by atoms with Crippen molar-refractivity contribution >= 4 is 17.7 Å². The molecule has 0 atom stereocenters. The molecule has 8 heteroatoms. The number of aromatic nitrogens is 4. The quantitative estimate of drug-likeness (QED) is 0.826. The van der Waals surface area contributed by atoms with Crippen LogP contribution in [0.15, 0.2) is 16.8 Å². The zero-order chi connectivity index (χ0) is 13.0. The molecule has 1 amide bonds. The standard InChI is InChI=1S/C10H12N6O2/c1-3-11-8-5-12-7(4-13-8)9(17)14-10-16-15-6(2)18-10/h4-5H,3H2,1-2H3,(H,11,13)(H,14,16,17). The summed E-state index contributed by atoms with van der Waals surface area (Å²) in [5.41, 5.74) is 0.174. The second-order valence-corrected chi connectivity index (χ2v) is 3.40. The van der Waals surface area contributed by atoms with Gasteiger partial charge in [0.1, 0.15) is 11.5 Å². The molecule has 0 spiro atoms. The summed E-state index contributed by atoms with van der Waals surface area (Å²) in [5, 5.41) is 12.7. The molecule has 2 rings (SSSR count). The molecule has 0 bridgehead atoms. The van der Waals surface area contributed by atoms with Crippen molar-refractivity contribution in [2.75, 3.05) is 17.2 Å². The molecule has 0 aliphatic carbocycles. The predicted octanol–water partition coefficient (Wildman–Crippen LogP) is 0.852. The second kappa shape index (κ2) is 5.21. The second-order valence-electron chi connectivity index (χ2n) is 3.40. The summed E-state index contributed by atoms with van der Waals surface area (Å²) in [6.07, 6.45) is 2.86. The number of aryl methyl sites for hydroxylation is 1. The Morgan fingerprint density at radius 3 is 2.72 bits per heavy atom. The molecule has 0 saturated heterocycles. The Bertz CT molecular complexity index is 536. The van der Waals surface area contributed by atoms with E-state index in [2.05, 4.69) is 30.8 Å². The Kier molecular flexibility index (Phi) is 3.46. The van der Waals surface area contributed by atoms with Gasteiger partial charge >= 0.3 is 6.01 Å². The van der Waals surface area contributed by atoms with Gasteiger partial charge in [-0.25, -0.2) is 9.97 Å². The minimum atomic E-state index is -0.450. The molecule has 8 nitrogen and oxygen atoms in total. The Labute approximate surface area is 103 Å². The van der Waals surface area contributed by atoms with Crippen LogP contribution in [0, 0.1) is 6.92 Å². The number of nitrogens with one attached hydrogen (secondary N) is 2. The van der Waals surface area contributed by atoms with Crippen molar-refractivity contribution in [3.8, 4) is 0 Å². The number of carbonyl (C=O) groups excluding carboxylic acids is 1. The topological polar surface area (TPSA) is 106 Å². The van der Waals surface area contributed by atoms with Gasteiger partial charge in [-0.3, -0.25) is 10.1 Å². The lowest BCUT2D eigenvalue weighted by Gasteiger charge is -2.02. The Balaban J connectivity index is 2.04. The van der Waals surface area contributed by atoms with Gasteiger partial charge in [0.25, 0.3) is 5.91 Å². The monoisotopic (exact) mass is 248 g/mol. The third-order valence-electron chi connectivity index (χ3n) is 1.99. The van der Waals surface area contributed by atoms with Crippen molar-refractivity contribution < 1.29 is 9.21 Å². The van der Waals surface area contributed by atoms with Crippen LogP contribution in [-0.2, 0) is 0 Å². The first-order valence-corrected chi connectivity index (χ1v) is 5.36. The highest BCUT2D eigenvalue weighted by Gasteiger charge is 2.11. The smallest absolute Gasteiger partial charge is 0.322 e. The van der Waals surface area contributed by atoms with Gasteiger partial charge in [0.2, 0.25) is 5.89 Å². The van der Waals surface area contributed by atoms with Crippen LogP contribution in [-0.4, -0.2) is 32.6 Å². The minimum Gasteiger partial charge on any atom is -0.408 e. The average molecular weight is 248 g/mol. The molecule has 0 unspecified atom stereocenters. The number of hydrogen-bond donors (Lipinski definition) is 2. The molecule has 2 N–H and O–H groups in total. The molecule has 0 aliphatic heterocycles. The number of rotatable bonds is 4. The highest BCUT2D eigenvalue weighted by atomic mass is 16.4. The van der Waals surface area contributed by atoms with E-state index in [1.807, 2.05) is 6.92 Å². The van der Waals surface area contributed by atoms with Crippen LogP contribution >= 0.6 is 0 Å². The van der Waals surface area contributed by atoms with Gasteiger partial charge in [0.05, 0.1) is 12.4 Å². The maximum Gasteiger partial charge on any atom is 0.322 e. The number of carbonyl (C=O) groups is 1. The van der Waals surface area contributed by atoms with Gasteiger partial charge in [0, 0.05) is 13.5 Å². The first-order chi connectivity index (χ1) is 8.69. The summed E-state index contributed by atoms with van der Waals surface area (Å²) in [4.78, 5) is 19.7. The normalized spacial score (nSPS) is 10.1. The van der Waals surface area contributed by atoms with Crippen molar-refractivity contribution in [3.63, 3.8) is 0 Å². The highest BCUT2D eigenvalue weighted by Crippen LogP contribution is 2.06. The molecule has 0 fully saturated rings. The van der Waals surface area contributed by atoms with Crippen molar-refractivity contribution in [2.45, 2.75) is 13.8 Å². The zero-order valence-electron chi connectivity index (χ0n) is 9.97. The van der Waals surface area contributed by atoms with Crippen molar-refractivity contribution in [3.05, 3.63) is 24.0 Å². The van der Waals surface area contributed by atoms with Gasteiger partial charge in [-0.2, -0.15) is 0 Å². The van der Waals surface area contributed by atoms with Gasteiger partial charge < -0.3 is 9.73 Å². The van der Waals surface area contributed by atoms with E-state index >= 15 is 0 Å². The lowest BCUT2D eigenvalue weighted by atomic mass is 10.4. The van der Waals surface area contributed by atoms with Gasteiger partial charge in [-0.1, -0.05) is 5.10 Å². The molecule has 2 aromatic heterocycles. The fraction of sp³-hybridized carbons (Fsp3) is 0.300. The van der Waals surface area contributed by atoms with E-state index in [-0.39, 0.29) is 11.7 Å². The summed E-state index contributed by atoms with van der Waals surface area (Å²) in [7, 11) is 0. The number of anilines is 2. The number of nitrogens with zero attached hydrogens (tertiary/aromatic N) is 4. The first-order valence-electron chi connectivity index (χ1n) is 5.36. The van der Waals surface area contributed by atoms with Crippen molar-refractivity contribution in [1.29, 1.82) is 0 Å². The van der Waals surface area contributed by atoms with Crippen LogP contribution in [0.1, 0.15) is 23.3 Å². The lowest BCUT2D eigenvalue weighted by Crippen LogP contribution is -2.14. The maximum absolute atomic E-state index is 11.7. The fourth-order valence-corrected chi connectivity index (χ4v) is 1.23. The van der Waals surface area contributed by atoms with Crippen molar-refractivity contribution in [2.24, 2.45) is 0 Å². The fourth-order valence-electron chi connectivity index (χ4n) is 1.23. The average Bonchev–Trinajstić information content (AvgIpc) is 2.76. The van der Waals surface area contributed by atoms with Gasteiger partial charge in [-0.15, -0.1) is 5.10 Å². The minimum absolute atomic E-state index is 0.0371. The first kappa shape index (κ1) is 12.0. The number of amides is 1. The summed E-state index contributed by atoms with van der Waals surface area (Å²) >= 11 is 0. The zero-order valence-corrected chi connectivity index (χ0v) is 9.97. The largest absolute Gasteiger partial charge is 0.408 e. The van der Waals surface area contributed by atoms with Crippen LogP contribution < -0.4 is 10.6 Å². The predicted molar refractivity (Wildman–Crippen MR) is 63.2 cm³/mol. The van der Waals surface area contributed by atoms with E-state index in [4.69, 9.17) is 4.42 Å². The van der Waals surface area contributed by atoms with Crippen molar-refractivity contribution in [1.82, 2.24) is 20.2 Å². The Hall–Kier alpha value is -2.51. The lowest BCUT2D eigenvalue weighted by molar-refractivity contribution is 0.101. The van der Waals surface area contributed by atoms with Crippen LogP contribution in [0.25, 0.3) is 0 Å². The molecule has 0 aliphatic rings. The van der Waals surface area contributed by atoms with Gasteiger partial charge in [-0.05, 0) is 6.92 Å². The van der Waals surface area contributed by atoms with Crippen LogP contribution in [0.2, 0.25) is 0 Å². The Morgan fingerprint density at radius 2 is 2.17 bits per heavy atom. The third-order valence-corrected chi connectivity index (χ3v) is 1.99. The molecule has 2 heterocycles. The molecule has 0 aromatic carbocycles. The molecule has 0 saturated carbocycles. The Morgan fingerprint density at radius 1 is 1.33 bits per heavy atom. The molecule has 18 heavy (non-hydrogen) atoms. The summed E-state index contributed by atoms with van der Waals surface area (Å²) in [5.74, 6) is 0.538. The summed E-state index contributed by atoms with van der Waals surface area (Å²) < 4.78 is 5.02. The maximum atomic E-state index is 11.7. The van der Waals surface area contributed by atoms with Gasteiger partial charge in [0.15, 0.2) is 0 Å². The van der Waals surface area contributed by atoms with E-state index in [1.54, 1.807) is 6.92 Å². The molecular weight excluding hydrogens is 236 g/mol. The summed E-state index contributed by atoms with van der Waals surface area (Å²) in [6, 6.07) is 0.0371. The molecular formula is C10H12N6O2. The van der Waals surface area contributed by atoms with Crippen LogP contribution in [0.5, 0.6) is 0 Å². The SMILES string of the molecule is CCNc1cnc(C(=O)Nc2nnc(C)o2)cn1. The van der Waals surface area contributed by atoms with E-state index in [0.29, 0.717) is 11.7 Å². The molecule has 0 radical (unpaired) electrons. The summed E-state index contributed by atoms with van der Waals surface area (Å²) in [6.45, 7) is 4.31. The van der Waals surface area contributed by atoms with E-state index in [9.17, 15) is 4.79 Å². The van der Waals surface area contributed by atoms with E-state index in [1.165, 1.54) is 12.4 Å².